The molecular formula is C14H22N2O5S. The van der Waals surface area contributed by atoms with E-state index in [9.17, 15) is 8.42 Å². The molecule has 7 nitrogen and oxygen atoms in total. The monoisotopic (exact) mass is 330 g/mol. The van der Waals surface area contributed by atoms with Gasteiger partial charge in [-0.1, -0.05) is 0 Å². The summed E-state index contributed by atoms with van der Waals surface area (Å²) < 4.78 is 43.7. The smallest absolute Gasteiger partial charge is 0.248 e. The van der Waals surface area contributed by atoms with Crippen LogP contribution in [-0.2, 0) is 10.0 Å². The number of methoxy groups -OCH3 is 3. The highest BCUT2D eigenvalue weighted by Crippen LogP contribution is 2.37. The van der Waals surface area contributed by atoms with Gasteiger partial charge in [0.2, 0.25) is 10.0 Å². The van der Waals surface area contributed by atoms with Crippen molar-refractivity contribution in [3.8, 4) is 17.2 Å². The summed E-state index contributed by atoms with van der Waals surface area (Å²) in [6.07, 6.45) is 1.73. The van der Waals surface area contributed by atoms with Gasteiger partial charge in [0.15, 0.2) is 4.90 Å². The quantitative estimate of drug-likeness (QED) is 0.800. The Kier molecular flexibility index (Phi) is 5.49. The largest absolute Gasteiger partial charge is 0.496 e. The topological polar surface area (TPSA) is 85.9 Å². The maximum atomic E-state index is 12.7. The maximum Gasteiger partial charge on any atom is 0.248 e. The number of ether oxygens (including phenoxy) is 3. The van der Waals surface area contributed by atoms with Gasteiger partial charge in [0, 0.05) is 24.7 Å². The standard InChI is InChI=1S/C14H22N2O5S/c1-19-11-7-12(20-2)14(13(8-11)21-3)22(17,18)16-10-5-4-6-15-9-10/h7-8,10,15-16H,4-6,9H2,1-3H3/t10-/m0/s1. The first-order chi connectivity index (χ1) is 10.5. The fourth-order valence-electron chi connectivity index (χ4n) is 2.47. The molecule has 22 heavy (non-hydrogen) atoms. The number of sulfonamides is 1. The molecule has 0 saturated carbocycles. The lowest BCUT2D eigenvalue weighted by Gasteiger charge is -2.24. The second kappa shape index (κ2) is 7.17. The minimum absolute atomic E-state index is 0.0103. The lowest BCUT2D eigenvalue weighted by atomic mass is 10.1. The SMILES string of the molecule is COc1cc(OC)c(S(=O)(=O)N[C@H]2CCCNC2)c(OC)c1. The maximum absolute atomic E-state index is 12.7. The van der Waals surface area contributed by atoms with Crippen LogP contribution in [0.1, 0.15) is 12.8 Å². The molecule has 1 atom stereocenters. The van der Waals surface area contributed by atoms with E-state index in [-0.39, 0.29) is 22.4 Å². The van der Waals surface area contributed by atoms with E-state index in [1.807, 2.05) is 0 Å². The zero-order valence-corrected chi connectivity index (χ0v) is 13.8. The third-order valence-electron chi connectivity index (χ3n) is 3.56. The number of hydrogen-bond donors (Lipinski definition) is 2. The van der Waals surface area contributed by atoms with Crippen LogP contribution in [0.15, 0.2) is 17.0 Å². The van der Waals surface area contributed by atoms with Gasteiger partial charge in [0.25, 0.3) is 0 Å². The van der Waals surface area contributed by atoms with Crippen LogP contribution in [0, 0.1) is 0 Å². The van der Waals surface area contributed by atoms with Gasteiger partial charge in [-0.05, 0) is 19.4 Å². The number of benzene rings is 1. The second-order valence-electron chi connectivity index (χ2n) is 5.03. The third-order valence-corrected chi connectivity index (χ3v) is 5.14. The number of hydrogen-bond acceptors (Lipinski definition) is 6. The molecule has 1 fully saturated rings. The van der Waals surface area contributed by atoms with Crippen LogP contribution in [0.3, 0.4) is 0 Å². The van der Waals surface area contributed by atoms with Gasteiger partial charge in [-0.3, -0.25) is 0 Å². The minimum Gasteiger partial charge on any atom is -0.496 e. The molecule has 1 aromatic carbocycles. The first-order valence-corrected chi connectivity index (χ1v) is 8.53. The van der Waals surface area contributed by atoms with Gasteiger partial charge in [-0.2, -0.15) is 0 Å². The fraction of sp³-hybridized carbons (Fsp3) is 0.571. The molecular weight excluding hydrogens is 308 g/mol. The van der Waals surface area contributed by atoms with Crippen molar-refractivity contribution >= 4 is 10.0 Å². The van der Waals surface area contributed by atoms with Gasteiger partial charge < -0.3 is 19.5 Å². The summed E-state index contributed by atoms with van der Waals surface area (Å²) in [6, 6.07) is 2.90. The first-order valence-electron chi connectivity index (χ1n) is 7.05. The summed E-state index contributed by atoms with van der Waals surface area (Å²) in [6.45, 7) is 1.52. The Balaban J connectivity index is 2.39. The molecule has 0 unspecified atom stereocenters. The molecule has 1 aromatic rings. The average Bonchev–Trinajstić information content (AvgIpc) is 2.53. The molecule has 0 aliphatic carbocycles. The van der Waals surface area contributed by atoms with Crippen LogP contribution in [0.2, 0.25) is 0 Å². The van der Waals surface area contributed by atoms with Gasteiger partial charge in [0.1, 0.15) is 17.2 Å². The van der Waals surface area contributed by atoms with E-state index in [2.05, 4.69) is 10.0 Å². The van der Waals surface area contributed by atoms with Crippen molar-refractivity contribution in [1.29, 1.82) is 0 Å². The minimum atomic E-state index is -3.77. The van der Waals surface area contributed by atoms with Gasteiger partial charge >= 0.3 is 0 Å². The highest BCUT2D eigenvalue weighted by Gasteiger charge is 2.29. The van der Waals surface area contributed by atoms with E-state index in [1.54, 1.807) is 0 Å². The van der Waals surface area contributed by atoms with Crippen LogP contribution >= 0.6 is 0 Å². The molecule has 2 rings (SSSR count). The van der Waals surface area contributed by atoms with Crippen molar-refractivity contribution in [1.82, 2.24) is 10.0 Å². The number of nitrogens with one attached hydrogen (secondary N) is 2. The van der Waals surface area contributed by atoms with Crippen molar-refractivity contribution < 1.29 is 22.6 Å². The number of piperidine rings is 1. The summed E-state index contributed by atoms with van der Waals surface area (Å²) in [5.41, 5.74) is 0. The van der Waals surface area contributed by atoms with Crippen molar-refractivity contribution in [3.63, 3.8) is 0 Å². The van der Waals surface area contributed by atoms with Gasteiger partial charge in [-0.25, -0.2) is 13.1 Å². The van der Waals surface area contributed by atoms with Crippen molar-refractivity contribution in [2.45, 2.75) is 23.8 Å². The molecule has 124 valence electrons. The molecule has 2 N–H and O–H groups in total. The fourth-order valence-corrected chi connectivity index (χ4v) is 4.04. The van der Waals surface area contributed by atoms with E-state index in [1.165, 1.54) is 33.5 Å². The summed E-state index contributed by atoms with van der Waals surface area (Å²) in [5, 5.41) is 3.17. The highest BCUT2D eigenvalue weighted by molar-refractivity contribution is 7.89. The molecule has 1 saturated heterocycles. The van der Waals surface area contributed by atoms with Crippen LogP contribution in [0.25, 0.3) is 0 Å². The second-order valence-corrected chi connectivity index (χ2v) is 6.68. The predicted octanol–water partition coefficient (Wildman–Crippen LogP) is 0.743. The van der Waals surface area contributed by atoms with Crippen LogP contribution in [-0.4, -0.2) is 48.9 Å². The molecule has 1 heterocycles. The summed E-state index contributed by atoms with van der Waals surface area (Å²) in [7, 11) is 0.553. The molecule has 1 aliphatic heterocycles. The van der Waals surface area contributed by atoms with E-state index in [0.29, 0.717) is 12.3 Å². The Hall–Kier alpha value is -1.51. The third kappa shape index (κ3) is 3.63. The summed E-state index contributed by atoms with van der Waals surface area (Å²) in [4.78, 5) is -0.0103. The average molecular weight is 330 g/mol. The van der Waals surface area contributed by atoms with Gasteiger partial charge in [0.05, 0.1) is 21.3 Å². The molecule has 0 amide bonds. The lowest BCUT2D eigenvalue weighted by molar-refractivity contribution is 0.357. The molecule has 1 aliphatic rings. The Morgan fingerprint density at radius 2 is 1.77 bits per heavy atom. The molecule has 0 radical (unpaired) electrons. The van der Waals surface area contributed by atoms with Gasteiger partial charge in [-0.15, -0.1) is 0 Å². The lowest BCUT2D eigenvalue weighted by Crippen LogP contribution is -2.45. The first kappa shape index (κ1) is 16.9. The van der Waals surface area contributed by atoms with E-state index in [4.69, 9.17) is 14.2 Å². The summed E-state index contributed by atoms with van der Waals surface area (Å²) in [5.74, 6) is 0.840. The Morgan fingerprint density at radius 3 is 2.23 bits per heavy atom. The Bertz CT molecular complexity index is 587. The molecule has 8 heteroatoms. The van der Waals surface area contributed by atoms with Crippen molar-refractivity contribution in [3.05, 3.63) is 12.1 Å². The van der Waals surface area contributed by atoms with E-state index >= 15 is 0 Å². The van der Waals surface area contributed by atoms with Crippen LogP contribution in [0.4, 0.5) is 0 Å². The molecule has 0 aromatic heterocycles. The van der Waals surface area contributed by atoms with Crippen LogP contribution < -0.4 is 24.2 Å². The molecule has 0 bridgehead atoms. The summed E-state index contributed by atoms with van der Waals surface area (Å²) >= 11 is 0. The van der Waals surface area contributed by atoms with Crippen molar-refractivity contribution in [2.75, 3.05) is 34.4 Å². The Morgan fingerprint density at radius 1 is 1.14 bits per heavy atom. The van der Waals surface area contributed by atoms with Crippen molar-refractivity contribution in [2.24, 2.45) is 0 Å². The zero-order valence-electron chi connectivity index (χ0n) is 13.0. The zero-order chi connectivity index (χ0) is 16.2. The predicted molar refractivity (Wildman–Crippen MR) is 82.3 cm³/mol. The Labute approximate surface area is 131 Å². The van der Waals surface area contributed by atoms with Crippen LogP contribution in [0.5, 0.6) is 17.2 Å². The van der Waals surface area contributed by atoms with E-state index in [0.717, 1.165) is 19.4 Å². The normalized spacial score (nSPS) is 18.8. The number of rotatable bonds is 6. The highest BCUT2D eigenvalue weighted by atomic mass is 32.2. The molecule has 0 spiro atoms. The van der Waals surface area contributed by atoms with E-state index < -0.39 is 10.0 Å².